The minimum Gasteiger partial charge on any atom is -0.478 e. The number of nitrogens with one attached hydrogen (secondary N) is 1. The average molecular weight is 353 g/mol. The summed E-state index contributed by atoms with van der Waals surface area (Å²) in [6.07, 6.45) is 1.49. The monoisotopic (exact) mass is 353 g/mol. The maximum Gasteiger partial charge on any atom is 0.335 e. The molecule has 0 saturated heterocycles. The Morgan fingerprint density at radius 2 is 1.62 bits per heavy atom. The molecule has 0 aliphatic carbocycles. The molecule has 0 aliphatic heterocycles. The second-order valence-electron chi connectivity index (χ2n) is 7.51. The minimum absolute atomic E-state index is 0.0588. The summed E-state index contributed by atoms with van der Waals surface area (Å²) in [4.78, 5) is 23.2. The minimum atomic E-state index is -0.959. The Morgan fingerprint density at radius 1 is 0.962 bits per heavy atom. The van der Waals surface area contributed by atoms with Crippen LogP contribution in [0.2, 0.25) is 0 Å². The quantitative estimate of drug-likeness (QED) is 0.791. The Kier molecular flexibility index (Phi) is 6.56. The number of carbonyl (C=O) groups is 2. The first-order chi connectivity index (χ1) is 12.3. The van der Waals surface area contributed by atoms with E-state index in [9.17, 15) is 9.59 Å². The van der Waals surface area contributed by atoms with Crippen LogP contribution in [0.25, 0.3) is 0 Å². The molecule has 0 radical (unpaired) electrons. The van der Waals surface area contributed by atoms with Gasteiger partial charge in [0.15, 0.2) is 0 Å². The van der Waals surface area contributed by atoms with Crippen molar-refractivity contribution in [3.05, 3.63) is 70.8 Å². The van der Waals surface area contributed by atoms with Crippen molar-refractivity contribution in [2.24, 2.45) is 0 Å². The van der Waals surface area contributed by atoms with E-state index in [2.05, 4.69) is 50.4 Å². The number of carboxylic acids is 1. The molecule has 4 heteroatoms. The van der Waals surface area contributed by atoms with Crippen LogP contribution in [-0.2, 0) is 23.1 Å². The Morgan fingerprint density at radius 3 is 2.23 bits per heavy atom. The highest BCUT2D eigenvalue weighted by atomic mass is 16.4. The maximum absolute atomic E-state index is 12.0. The smallest absolute Gasteiger partial charge is 0.335 e. The van der Waals surface area contributed by atoms with Crippen LogP contribution in [0.5, 0.6) is 0 Å². The highest BCUT2D eigenvalue weighted by Gasteiger charge is 2.13. The van der Waals surface area contributed by atoms with Gasteiger partial charge in [0, 0.05) is 13.0 Å². The van der Waals surface area contributed by atoms with Crippen molar-refractivity contribution in [2.75, 3.05) is 6.54 Å². The molecular formula is C22H27NO3. The molecule has 2 aromatic carbocycles. The van der Waals surface area contributed by atoms with Crippen LogP contribution in [0.1, 0.15) is 54.2 Å². The van der Waals surface area contributed by atoms with E-state index < -0.39 is 5.97 Å². The van der Waals surface area contributed by atoms with Crippen molar-refractivity contribution in [1.82, 2.24) is 5.32 Å². The van der Waals surface area contributed by atoms with Crippen LogP contribution in [-0.4, -0.2) is 23.5 Å². The van der Waals surface area contributed by atoms with Crippen molar-refractivity contribution in [1.29, 1.82) is 0 Å². The van der Waals surface area contributed by atoms with Gasteiger partial charge >= 0.3 is 5.97 Å². The lowest BCUT2D eigenvalue weighted by molar-refractivity contribution is -0.121. The van der Waals surface area contributed by atoms with Crippen molar-refractivity contribution < 1.29 is 14.7 Å². The van der Waals surface area contributed by atoms with Crippen LogP contribution < -0.4 is 5.32 Å². The number of aryl methyl sites for hydroxylation is 1. The van der Waals surface area contributed by atoms with E-state index in [0.29, 0.717) is 18.5 Å². The van der Waals surface area contributed by atoms with Crippen molar-refractivity contribution >= 4 is 11.9 Å². The van der Waals surface area contributed by atoms with Gasteiger partial charge in [-0.2, -0.15) is 0 Å². The molecule has 0 aliphatic rings. The molecule has 0 fully saturated rings. The number of hydrogen-bond donors (Lipinski definition) is 2. The fraction of sp³-hybridized carbons (Fsp3) is 0.364. The first kappa shape index (κ1) is 19.7. The lowest BCUT2D eigenvalue weighted by Crippen LogP contribution is -2.26. The number of carboxylic acid groups (broad SMARTS) is 1. The van der Waals surface area contributed by atoms with Gasteiger partial charge < -0.3 is 10.4 Å². The molecule has 26 heavy (non-hydrogen) atoms. The summed E-state index contributed by atoms with van der Waals surface area (Å²) in [5.41, 5.74) is 3.57. The summed E-state index contributed by atoms with van der Waals surface area (Å²) >= 11 is 0. The number of hydrogen-bond acceptors (Lipinski definition) is 2. The van der Waals surface area contributed by atoms with E-state index in [-0.39, 0.29) is 23.3 Å². The molecule has 0 heterocycles. The molecule has 2 aromatic rings. The number of amides is 1. The van der Waals surface area contributed by atoms with Crippen LogP contribution in [0.4, 0.5) is 0 Å². The highest BCUT2D eigenvalue weighted by Crippen LogP contribution is 2.22. The van der Waals surface area contributed by atoms with Crippen molar-refractivity contribution in [2.45, 2.75) is 45.4 Å². The Bertz CT molecular complexity index is 758. The second-order valence-corrected chi connectivity index (χ2v) is 7.51. The van der Waals surface area contributed by atoms with Crippen LogP contribution in [0, 0.1) is 0 Å². The molecule has 0 atom stereocenters. The molecular weight excluding hydrogens is 326 g/mol. The summed E-state index contributed by atoms with van der Waals surface area (Å²) in [6.45, 7) is 7.13. The van der Waals surface area contributed by atoms with Crippen molar-refractivity contribution in [3.63, 3.8) is 0 Å². The Balaban J connectivity index is 1.78. The predicted octanol–water partition coefficient (Wildman–Crippen LogP) is 3.97. The molecule has 2 N–H and O–H groups in total. The molecule has 0 spiro atoms. The molecule has 0 bridgehead atoms. The molecule has 1 amide bonds. The first-order valence-corrected chi connectivity index (χ1v) is 8.94. The van der Waals surface area contributed by atoms with E-state index in [1.165, 1.54) is 11.1 Å². The number of aromatic carboxylic acids is 1. The zero-order chi connectivity index (χ0) is 19.2. The van der Waals surface area contributed by atoms with E-state index in [0.717, 1.165) is 6.42 Å². The second kappa shape index (κ2) is 8.65. The summed E-state index contributed by atoms with van der Waals surface area (Å²) in [5.74, 6) is -1.02. The topological polar surface area (TPSA) is 66.4 Å². The zero-order valence-electron chi connectivity index (χ0n) is 15.7. The molecule has 138 valence electrons. The van der Waals surface area contributed by atoms with Gasteiger partial charge in [0.25, 0.3) is 0 Å². The lowest BCUT2D eigenvalue weighted by atomic mass is 9.86. The van der Waals surface area contributed by atoms with Gasteiger partial charge in [0.1, 0.15) is 0 Å². The summed E-state index contributed by atoms with van der Waals surface area (Å²) in [7, 11) is 0. The van der Waals surface area contributed by atoms with Gasteiger partial charge in [-0.3, -0.25) is 4.79 Å². The number of carbonyl (C=O) groups excluding carboxylic acids is 1. The predicted molar refractivity (Wildman–Crippen MR) is 104 cm³/mol. The fourth-order valence-corrected chi connectivity index (χ4v) is 2.80. The van der Waals surface area contributed by atoms with Gasteiger partial charge in [-0.1, -0.05) is 63.2 Å². The zero-order valence-corrected chi connectivity index (χ0v) is 15.7. The van der Waals surface area contributed by atoms with E-state index in [1.54, 1.807) is 24.3 Å². The third-order valence-electron chi connectivity index (χ3n) is 4.42. The molecule has 0 aromatic heterocycles. The van der Waals surface area contributed by atoms with E-state index in [1.807, 2.05) is 0 Å². The van der Waals surface area contributed by atoms with Gasteiger partial charge in [-0.25, -0.2) is 4.79 Å². The Hall–Kier alpha value is -2.62. The van der Waals surface area contributed by atoms with Gasteiger partial charge in [-0.05, 0) is 41.0 Å². The summed E-state index contributed by atoms with van der Waals surface area (Å²) in [6, 6.07) is 15.3. The van der Waals surface area contributed by atoms with Crippen LogP contribution in [0.15, 0.2) is 48.5 Å². The standard InChI is InChI=1S/C22H27NO3/c1-22(2,3)18-11-8-16(9-12-18)14-15-23-20(24)13-10-17-6-4-5-7-19(17)21(25)26/h4-9,11-12H,10,13-15H2,1-3H3,(H,23,24)(H,25,26). The first-order valence-electron chi connectivity index (χ1n) is 8.94. The molecule has 2 rings (SSSR count). The van der Waals surface area contributed by atoms with Gasteiger partial charge in [0.2, 0.25) is 5.91 Å². The van der Waals surface area contributed by atoms with Crippen LogP contribution >= 0.6 is 0 Å². The fourth-order valence-electron chi connectivity index (χ4n) is 2.80. The molecule has 4 nitrogen and oxygen atoms in total. The summed E-state index contributed by atoms with van der Waals surface area (Å²) in [5, 5.41) is 12.1. The molecule has 0 saturated carbocycles. The third kappa shape index (κ3) is 5.73. The van der Waals surface area contributed by atoms with Gasteiger partial charge in [0.05, 0.1) is 5.56 Å². The molecule has 0 unspecified atom stereocenters. The summed E-state index contributed by atoms with van der Waals surface area (Å²) < 4.78 is 0. The number of benzene rings is 2. The largest absolute Gasteiger partial charge is 0.478 e. The number of rotatable bonds is 7. The Labute approximate surface area is 155 Å². The van der Waals surface area contributed by atoms with E-state index in [4.69, 9.17) is 5.11 Å². The van der Waals surface area contributed by atoms with E-state index >= 15 is 0 Å². The van der Waals surface area contributed by atoms with Crippen LogP contribution in [0.3, 0.4) is 0 Å². The normalized spacial score (nSPS) is 11.2. The average Bonchev–Trinajstić information content (AvgIpc) is 2.60. The maximum atomic E-state index is 12.0. The van der Waals surface area contributed by atoms with Crippen molar-refractivity contribution in [3.8, 4) is 0 Å². The lowest BCUT2D eigenvalue weighted by Gasteiger charge is -2.19. The van der Waals surface area contributed by atoms with Gasteiger partial charge in [-0.15, -0.1) is 0 Å². The highest BCUT2D eigenvalue weighted by molar-refractivity contribution is 5.89. The third-order valence-corrected chi connectivity index (χ3v) is 4.42. The SMILES string of the molecule is CC(C)(C)c1ccc(CCNC(=O)CCc2ccccc2C(=O)O)cc1.